The minimum atomic E-state index is -1.10. The van der Waals surface area contributed by atoms with Gasteiger partial charge >= 0.3 is 11.9 Å². The summed E-state index contributed by atoms with van der Waals surface area (Å²) in [6.07, 6.45) is 0.757. The molecule has 1 aromatic rings. The van der Waals surface area contributed by atoms with Gasteiger partial charge in [-0.05, 0) is 17.7 Å². The van der Waals surface area contributed by atoms with Crippen molar-refractivity contribution >= 4 is 53.5 Å². The van der Waals surface area contributed by atoms with Gasteiger partial charge in [-0.1, -0.05) is 29.1 Å². The quantitative estimate of drug-likeness (QED) is 0.329. The van der Waals surface area contributed by atoms with Crippen molar-refractivity contribution in [1.82, 2.24) is 5.06 Å². The molecule has 0 saturated carbocycles. The van der Waals surface area contributed by atoms with Gasteiger partial charge in [-0.2, -0.15) is 0 Å². The number of rotatable bonds is 8. The molecule has 12 heteroatoms. The zero-order valence-electron chi connectivity index (χ0n) is 16.1. The van der Waals surface area contributed by atoms with Gasteiger partial charge < -0.3 is 19.9 Å². The van der Waals surface area contributed by atoms with Crippen molar-refractivity contribution in [3.63, 3.8) is 0 Å². The summed E-state index contributed by atoms with van der Waals surface area (Å²) in [7, 11) is 0. The number of aliphatic hydroxyl groups is 1. The first kappa shape index (κ1) is 22.8. The number of hydroxylamine groups is 2. The molecule has 1 aromatic carbocycles. The highest BCUT2D eigenvalue weighted by Crippen LogP contribution is 2.48. The number of carboxylic acids is 1. The van der Waals surface area contributed by atoms with E-state index >= 15 is 0 Å². The molecule has 31 heavy (non-hydrogen) atoms. The smallest absolute Gasteiger partial charge is 0.373 e. The molecule has 2 N–H and O–H groups in total. The number of carbonyl (C=O) groups is 4. The second-order valence-corrected chi connectivity index (χ2v) is 8.68. The molecule has 1 atom stereocenters. The van der Waals surface area contributed by atoms with E-state index in [0.717, 1.165) is 9.79 Å². The van der Waals surface area contributed by atoms with Crippen LogP contribution in [0.15, 0.2) is 49.7 Å². The Balaban J connectivity index is 1.68. The van der Waals surface area contributed by atoms with Crippen LogP contribution in [0.3, 0.4) is 0 Å². The van der Waals surface area contributed by atoms with Crippen molar-refractivity contribution < 1.29 is 39.1 Å². The number of nitrogens with zero attached hydrogens (tertiary/aromatic N) is 2. The number of benzene rings is 1. The van der Waals surface area contributed by atoms with Crippen LogP contribution >= 0.6 is 23.5 Å². The Morgan fingerprint density at radius 3 is 2.52 bits per heavy atom. The molecule has 0 spiro atoms. The molecule has 2 aliphatic rings. The summed E-state index contributed by atoms with van der Waals surface area (Å²) < 4.78 is 0. The average molecular weight is 466 g/mol. The van der Waals surface area contributed by atoms with Crippen molar-refractivity contribution in [3.05, 3.63) is 34.7 Å². The van der Waals surface area contributed by atoms with Gasteiger partial charge in [-0.25, -0.2) is 4.79 Å². The monoisotopic (exact) mass is 466 g/mol. The Morgan fingerprint density at radius 2 is 1.87 bits per heavy atom. The predicted molar refractivity (Wildman–Crippen MR) is 110 cm³/mol. The average Bonchev–Trinajstić information content (AvgIpc) is 3.06. The highest BCUT2D eigenvalue weighted by atomic mass is 32.2. The standard InChI is InChI=1S/C19H18N2O8S2/c22-9-14-19(31-13-4-2-1-3-12(13)30-14)11(7-17(25)26)8-20-28-10-18(27)29-21-15(23)5-6-16(21)24/h1-4,8,14,22H,5-7,9-10H2,(H,25,26)/b19-11-,20-8+. The van der Waals surface area contributed by atoms with Crippen molar-refractivity contribution in [2.45, 2.75) is 34.3 Å². The summed E-state index contributed by atoms with van der Waals surface area (Å²) in [5.41, 5.74) is 0.316. The molecule has 2 amide bonds. The molecule has 1 fully saturated rings. The second kappa shape index (κ2) is 10.5. The molecule has 0 radical (unpaired) electrons. The number of amides is 2. The highest BCUT2D eigenvalue weighted by Gasteiger charge is 2.33. The minimum Gasteiger partial charge on any atom is -0.481 e. The van der Waals surface area contributed by atoms with Gasteiger partial charge in [0.1, 0.15) is 0 Å². The maximum atomic E-state index is 11.7. The Labute approximate surface area is 185 Å². The number of oxime groups is 1. The Kier molecular flexibility index (Phi) is 7.71. The summed E-state index contributed by atoms with van der Waals surface area (Å²) in [6, 6.07) is 7.55. The Morgan fingerprint density at radius 1 is 1.19 bits per heavy atom. The van der Waals surface area contributed by atoms with Crippen LogP contribution in [-0.4, -0.2) is 63.7 Å². The van der Waals surface area contributed by atoms with Gasteiger partial charge in [-0.15, -0.1) is 16.8 Å². The van der Waals surface area contributed by atoms with E-state index in [-0.39, 0.29) is 31.1 Å². The largest absolute Gasteiger partial charge is 0.481 e. The van der Waals surface area contributed by atoms with Crippen molar-refractivity contribution in [1.29, 1.82) is 0 Å². The van der Waals surface area contributed by atoms with E-state index < -0.39 is 30.4 Å². The summed E-state index contributed by atoms with van der Waals surface area (Å²) in [5.74, 6) is -3.33. The van der Waals surface area contributed by atoms with Crippen LogP contribution in [0.1, 0.15) is 19.3 Å². The van der Waals surface area contributed by atoms with Crippen LogP contribution in [0.4, 0.5) is 0 Å². The lowest BCUT2D eigenvalue weighted by atomic mass is 10.1. The predicted octanol–water partition coefficient (Wildman–Crippen LogP) is 1.58. The van der Waals surface area contributed by atoms with Crippen molar-refractivity contribution in [2.24, 2.45) is 5.16 Å². The van der Waals surface area contributed by atoms with Gasteiger partial charge in [0, 0.05) is 27.5 Å². The molecular formula is C19H18N2O8S2. The molecule has 164 valence electrons. The number of aliphatic hydroxyl groups excluding tert-OH is 1. The third-order valence-corrected chi connectivity index (χ3v) is 7.02. The summed E-state index contributed by atoms with van der Waals surface area (Å²) in [6.45, 7) is -0.888. The molecule has 2 heterocycles. The van der Waals surface area contributed by atoms with Gasteiger partial charge in [0.05, 0.1) is 24.5 Å². The van der Waals surface area contributed by atoms with Crippen LogP contribution in [0.25, 0.3) is 0 Å². The van der Waals surface area contributed by atoms with Crippen LogP contribution in [0.5, 0.6) is 0 Å². The molecule has 10 nitrogen and oxygen atoms in total. The first-order valence-electron chi connectivity index (χ1n) is 9.10. The van der Waals surface area contributed by atoms with Crippen molar-refractivity contribution in [3.8, 4) is 0 Å². The topological polar surface area (TPSA) is 143 Å². The number of imide groups is 1. The van der Waals surface area contributed by atoms with E-state index in [4.69, 9.17) is 4.84 Å². The molecule has 1 unspecified atom stereocenters. The summed E-state index contributed by atoms with van der Waals surface area (Å²) in [4.78, 5) is 58.0. The molecule has 2 aliphatic heterocycles. The molecule has 0 aromatic heterocycles. The maximum Gasteiger partial charge on any atom is 0.373 e. The first-order chi connectivity index (χ1) is 14.9. The molecule has 3 rings (SSSR count). The lowest BCUT2D eigenvalue weighted by Gasteiger charge is -2.26. The molecule has 0 bridgehead atoms. The van der Waals surface area contributed by atoms with E-state index in [1.165, 1.54) is 29.7 Å². The molecule has 0 aliphatic carbocycles. The zero-order valence-corrected chi connectivity index (χ0v) is 17.7. The SMILES string of the molecule is O=C(O)CC(/C=N/OCC(=O)ON1C(=O)CCC1=O)=C1/Sc2ccccc2SC1CO. The first-order valence-corrected chi connectivity index (χ1v) is 10.8. The number of hydrogen-bond donors (Lipinski definition) is 2. The number of carbonyl (C=O) groups excluding carboxylic acids is 3. The van der Waals surface area contributed by atoms with Gasteiger partial charge in [0.25, 0.3) is 11.8 Å². The van der Waals surface area contributed by atoms with Crippen LogP contribution in [-0.2, 0) is 28.9 Å². The molecule has 1 saturated heterocycles. The minimum absolute atomic E-state index is 0.0257. The fourth-order valence-corrected chi connectivity index (χ4v) is 5.30. The van der Waals surface area contributed by atoms with Gasteiger partial charge in [0.15, 0.2) is 0 Å². The Bertz CT molecular complexity index is 946. The zero-order chi connectivity index (χ0) is 22.4. The van der Waals surface area contributed by atoms with E-state index in [9.17, 15) is 29.4 Å². The Hall–Kier alpha value is -2.83. The lowest BCUT2D eigenvalue weighted by molar-refractivity contribution is -0.200. The normalized spacial score (nSPS) is 20.0. The van der Waals surface area contributed by atoms with Crippen LogP contribution < -0.4 is 0 Å². The fraction of sp³-hybridized carbons (Fsp3) is 0.316. The van der Waals surface area contributed by atoms with E-state index in [2.05, 4.69) is 9.99 Å². The molecular weight excluding hydrogens is 448 g/mol. The fourth-order valence-electron chi connectivity index (χ4n) is 2.75. The number of thioether (sulfide) groups is 2. The van der Waals surface area contributed by atoms with E-state index in [1.54, 1.807) is 0 Å². The van der Waals surface area contributed by atoms with Crippen molar-refractivity contribution in [2.75, 3.05) is 13.2 Å². The number of hydrogen-bond acceptors (Lipinski definition) is 10. The van der Waals surface area contributed by atoms with Gasteiger partial charge in [-0.3, -0.25) is 14.4 Å². The van der Waals surface area contributed by atoms with Crippen LogP contribution in [0.2, 0.25) is 0 Å². The number of fused-ring (bicyclic) bond motifs is 1. The summed E-state index contributed by atoms with van der Waals surface area (Å²) >= 11 is 2.76. The third kappa shape index (κ3) is 5.87. The number of aliphatic carboxylic acids is 1. The van der Waals surface area contributed by atoms with E-state index in [0.29, 0.717) is 15.5 Å². The van der Waals surface area contributed by atoms with Gasteiger partial charge in [0.2, 0.25) is 6.61 Å². The van der Waals surface area contributed by atoms with Crippen LogP contribution in [0, 0.1) is 0 Å². The second-order valence-electron chi connectivity index (χ2n) is 6.35. The number of carboxylic acid groups (broad SMARTS) is 1. The summed E-state index contributed by atoms with van der Waals surface area (Å²) in [5, 5.41) is 22.7. The highest BCUT2D eigenvalue weighted by molar-refractivity contribution is 8.08. The third-order valence-electron chi connectivity index (χ3n) is 4.12. The lowest BCUT2D eigenvalue weighted by Crippen LogP contribution is -2.33. The maximum absolute atomic E-state index is 11.7. The van der Waals surface area contributed by atoms with E-state index in [1.807, 2.05) is 24.3 Å².